The molecule has 1 heterocycles. The van der Waals surface area contributed by atoms with E-state index in [1.54, 1.807) is 54.6 Å². The van der Waals surface area contributed by atoms with E-state index in [0.29, 0.717) is 10.9 Å². The van der Waals surface area contributed by atoms with Crippen molar-refractivity contribution in [1.29, 1.82) is 0 Å². The van der Waals surface area contributed by atoms with Gasteiger partial charge in [-0.05, 0) is 34.5 Å². The van der Waals surface area contributed by atoms with E-state index < -0.39 is 18.4 Å². The smallest absolute Gasteiger partial charge is 0.424 e. The quantitative estimate of drug-likeness (QED) is 0.526. The van der Waals surface area contributed by atoms with Gasteiger partial charge in [0.05, 0.1) is 11.7 Å². The Hall–Kier alpha value is -3.12. The number of aromatic nitrogens is 1. The molecule has 1 N–H and O–H groups in total. The molecule has 3 aromatic carbocycles. The van der Waals surface area contributed by atoms with Crippen molar-refractivity contribution in [3.05, 3.63) is 84.6 Å². The summed E-state index contributed by atoms with van der Waals surface area (Å²) in [5, 5.41) is 12.7. The molecule has 0 bridgehead atoms. The molecule has 0 aliphatic carbocycles. The fourth-order valence-corrected chi connectivity index (χ4v) is 3.09. The molecule has 0 saturated heterocycles. The first-order valence-electron chi connectivity index (χ1n) is 8.63. The highest BCUT2D eigenvalue weighted by Crippen LogP contribution is 2.40. The van der Waals surface area contributed by atoms with Crippen LogP contribution in [0.4, 0.5) is 13.2 Å². The summed E-state index contributed by atoms with van der Waals surface area (Å²) in [6.45, 7) is -0.977. The summed E-state index contributed by atoms with van der Waals surface area (Å²) in [7, 11) is 0. The molecule has 1 unspecified atom stereocenters. The highest BCUT2D eigenvalue weighted by atomic mass is 19.4. The third-order valence-corrected chi connectivity index (χ3v) is 4.71. The summed E-state index contributed by atoms with van der Waals surface area (Å²) >= 11 is 0. The Labute approximate surface area is 159 Å². The Bertz CT molecular complexity index is 1140. The molecule has 6 heteroatoms. The number of fused-ring (bicyclic) bond motifs is 2. The van der Waals surface area contributed by atoms with Gasteiger partial charge in [-0.3, -0.25) is 4.98 Å². The van der Waals surface area contributed by atoms with Crippen LogP contribution in [0.3, 0.4) is 0 Å². The van der Waals surface area contributed by atoms with Crippen LogP contribution in [-0.2, 0) is 5.60 Å². The number of alkyl halides is 3. The molecule has 0 fully saturated rings. The van der Waals surface area contributed by atoms with Crippen LogP contribution in [0.2, 0.25) is 0 Å². The predicted molar refractivity (Wildman–Crippen MR) is 101 cm³/mol. The van der Waals surface area contributed by atoms with Crippen molar-refractivity contribution < 1.29 is 23.0 Å². The molecule has 0 spiro atoms. The van der Waals surface area contributed by atoms with Crippen molar-refractivity contribution in [2.24, 2.45) is 0 Å². The number of rotatable bonds is 4. The topological polar surface area (TPSA) is 42.4 Å². The fraction of sp³-hybridized carbons (Fsp3) is 0.136. The lowest BCUT2D eigenvalue weighted by atomic mass is 9.92. The Kier molecular flexibility index (Phi) is 4.43. The maximum Gasteiger partial charge on any atom is 0.424 e. The molecule has 4 aromatic rings. The molecule has 28 heavy (non-hydrogen) atoms. The van der Waals surface area contributed by atoms with Gasteiger partial charge in [-0.15, -0.1) is 0 Å². The van der Waals surface area contributed by atoms with Gasteiger partial charge in [0.1, 0.15) is 12.4 Å². The van der Waals surface area contributed by atoms with Gasteiger partial charge in [-0.2, -0.15) is 13.2 Å². The molecule has 3 nitrogen and oxygen atoms in total. The molecule has 0 aliphatic rings. The van der Waals surface area contributed by atoms with Crippen molar-refractivity contribution in [3.8, 4) is 5.75 Å². The van der Waals surface area contributed by atoms with Crippen LogP contribution in [0, 0.1) is 0 Å². The summed E-state index contributed by atoms with van der Waals surface area (Å²) < 4.78 is 46.7. The van der Waals surface area contributed by atoms with Crippen LogP contribution in [0.15, 0.2) is 79.0 Å². The lowest BCUT2D eigenvalue weighted by Crippen LogP contribution is -2.47. The second-order valence-corrected chi connectivity index (χ2v) is 6.57. The third-order valence-electron chi connectivity index (χ3n) is 4.71. The maximum absolute atomic E-state index is 13.8. The number of hydrogen-bond donors (Lipinski definition) is 1. The van der Waals surface area contributed by atoms with Crippen LogP contribution < -0.4 is 4.74 Å². The summed E-state index contributed by atoms with van der Waals surface area (Å²) in [6, 6.07) is 20.0. The largest absolute Gasteiger partial charge is 0.488 e. The van der Waals surface area contributed by atoms with Crippen LogP contribution in [0.25, 0.3) is 21.7 Å². The van der Waals surface area contributed by atoms with Crippen LogP contribution in [0.5, 0.6) is 5.75 Å². The minimum Gasteiger partial charge on any atom is -0.488 e. The zero-order valence-corrected chi connectivity index (χ0v) is 14.6. The number of hydrogen-bond acceptors (Lipinski definition) is 3. The fourth-order valence-electron chi connectivity index (χ4n) is 3.09. The molecule has 1 aromatic heterocycles. The summed E-state index contributed by atoms with van der Waals surface area (Å²) in [6.07, 6.45) is -3.57. The van der Waals surface area contributed by atoms with Crippen molar-refractivity contribution in [2.75, 3.05) is 6.61 Å². The minimum atomic E-state index is -4.92. The SMILES string of the molecule is OC(COc1cnc2ccccc2c1)(c1ccc2ccccc2c1)C(F)(F)F. The number of para-hydroxylation sites is 1. The normalized spacial score (nSPS) is 14.1. The number of pyridine rings is 1. The number of ether oxygens (including phenoxy) is 1. The molecule has 142 valence electrons. The van der Waals surface area contributed by atoms with Gasteiger partial charge in [0.15, 0.2) is 0 Å². The molecular formula is C22H16F3NO2. The molecule has 0 saturated carbocycles. The molecule has 4 rings (SSSR count). The summed E-state index contributed by atoms with van der Waals surface area (Å²) in [5.74, 6) is 0.155. The zero-order chi connectivity index (χ0) is 19.8. The number of halogens is 3. The molecule has 0 amide bonds. The predicted octanol–water partition coefficient (Wildman–Crippen LogP) is 5.22. The van der Waals surface area contributed by atoms with Gasteiger partial charge in [-0.25, -0.2) is 0 Å². The van der Waals surface area contributed by atoms with E-state index in [1.807, 2.05) is 6.07 Å². The number of aliphatic hydroxyl groups is 1. The van der Waals surface area contributed by atoms with E-state index in [0.717, 1.165) is 10.8 Å². The van der Waals surface area contributed by atoms with Crippen LogP contribution >= 0.6 is 0 Å². The summed E-state index contributed by atoms with van der Waals surface area (Å²) in [4.78, 5) is 4.17. The molecule has 0 radical (unpaired) electrons. The monoisotopic (exact) mass is 383 g/mol. The Morgan fingerprint density at radius 3 is 2.25 bits per heavy atom. The highest BCUT2D eigenvalue weighted by molar-refractivity contribution is 5.83. The van der Waals surface area contributed by atoms with E-state index in [4.69, 9.17) is 4.74 Å². The Balaban J connectivity index is 1.68. The molecular weight excluding hydrogens is 367 g/mol. The Morgan fingerprint density at radius 1 is 0.821 bits per heavy atom. The highest BCUT2D eigenvalue weighted by Gasteiger charge is 2.56. The second kappa shape index (κ2) is 6.80. The van der Waals surface area contributed by atoms with Gasteiger partial charge in [0, 0.05) is 5.39 Å². The van der Waals surface area contributed by atoms with Crippen molar-refractivity contribution in [2.45, 2.75) is 11.8 Å². The third kappa shape index (κ3) is 3.27. The first-order valence-corrected chi connectivity index (χ1v) is 8.63. The number of nitrogens with zero attached hydrogens (tertiary/aromatic N) is 1. The maximum atomic E-state index is 13.8. The number of benzene rings is 3. The van der Waals surface area contributed by atoms with Gasteiger partial charge < -0.3 is 9.84 Å². The lowest BCUT2D eigenvalue weighted by molar-refractivity contribution is -0.275. The van der Waals surface area contributed by atoms with Crippen LogP contribution in [0.1, 0.15) is 5.56 Å². The lowest BCUT2D eigenvalue weighted by Gasteiger charge is -2.31. The molecule has 0 aliphatic heterocycles. The van der Waals surface area contributed by atoms with E-state index in [-0.39, 0.29) is 11.3 Å². The minimum absolute atomic E-state index is 0.155. The van der Waals surface area contributed by atoms with Crippen molar-refractivity contribution in [3.63, 3.8) is 0 Å². The van der Waals surface area contributed by atoms with E-state index in [2.05, 4.69) is 4.98 Å². The van der Waals surface area contributed by atoms with E-state index in [9.17, 15) is 18.3 Å². The average molecular weight is 383 g/mol. The van der Waals surface area contributed by atoms with Gasteiger partial charge in [0.2, 0.25) is 5.60 Å². The first kappa shape index (κ1) is 18.3. The second-order valence-electron chi connectivity index (χ2n) is 6.57. The first-order chi connectivity index (χ1) is 13.4. The average Bonchev–Trinajstić information content (AvgIpc) is 2.70. The van der Waals surface area contributed by atoms with E-state index >= 15 is 0 Å². The standard InChI is InChI=1S/C22H16F3NO2/c23-22(24,25)21(27,18-10-9-15-5-1-2-6-16(15)11-18)14-28-19-12-17-7-3-4-8-20(17)26-13-19/h1-13,27H,14H2. The Morgan fingerprint density at radius 2 is 1.50 bits per heavy atom. The van der Waals surface area contributed by atoms with Gasteiger partial charge in [-0.1, -0.05) is 54.6 Å². The van der Waals surface area contributed by atoms with Crippen molar-refractivity contribution >= 4 is 21.7 Å². The van der Waals surface area contributed by atoms with Gasteiger partial charge in [0.25, 0.3) is 0 Å². The molecule has 1 atom stereocenters. The summed E-state index contributed by atoms with van der Waals surface area (Å²) in [5.41, 5.74) is -2.72. The zero-order valence-electron chi connectivity index (χ0n) is 14.6. The van der Waals surface area contributed by atoms with Crippen LogP contribution in [-0.4, -0.2) is 22.9 Å². The van der Waals surface area contributed by atoms with Crippen molar-refractivity contribution in [1.82, 2.24) is 4.98 Å². The van der Waals surface area contributed by atoms with E-state index in [1.165, 1.54) is 18.3 Å². The van der Waals surface area contributed by atoms with Gasteiger partial charge >= 0.3 is 6.18 Å².